The zero-order chi connectivity index (χ0) is 22.0. The fourth-order valence-corrected chi connectivity index (χ4v) is 3.38. The topological polar surface area (TPSA) is 59.2 Å². The van der Waals surface area contributed by atoms with Crippen LogP contribution in [0, 0.1) is 18.6 Å². The molecule has 0 bridgehead atoms. The van der Waals surface area contributed by atoms with Crippen molar-refractivity contribution in [3.63, 3.8) is 0 Å². The van der Waals surface area contributed by atoms with E-state index in [2.05, 4.69) is 10.1 Å². The molecule has 0 saturated carbocycles. The van der Waals surface area contributed by atoms with E-state index in [1.807, 2.05) is 25.1 Å². The number of carbonyl (C=O) groups is 1. The molecule has 0 N–H and O–H groups in total. The average molecular weight is 419 g/mol. The minimum atomic E-state index is -0.779. The van der Waals surface area contributed by atoms with E-state index in [4.69, 9.17) is 4.52 Å². The Morgan fingerprint density at radius 3 is 2.52 bits per heavy atom. The van der Waals surface area contributed by atoms with Crippen LogP contribution in [0.5, 0.6) is 0 Å². The molecule has 2 aromatic carbocycles. The van der Waals surface area contributed by atoms with Crippen LogP contribution in [0.4, 0.5) is 20.4 Å². The summed E-state index contributed by atoms with van der Waals surface area (Å²) >= 11 is 0. The van der Waals surface area contributed by atoms with Gasteiger partial charge in [-0.15, -0.1) is 0 Å². The Balaban J connectivity index is 1.99. The van der Waals surface area contributed by atoms with E-state index in [-0.39, 0.29) is 29.5 Å². The molecule has 2 aromatic heterocycles. The van der Waals surface area contributed by atoms with Crippen molar-refractivity contribution < 1.29 is 18.1 Å². The molecule has 0 fully saturated rings. The van der Waals surface area contributed by atoms with E-state index in [1.54, 1.807) is 37.5 Å². The molecule has 156 valence electrons. The van der Waals surface area contributed by atoms with Crippen molar-refractivity contribution in [3.05, 3.63) is 84.2 Å². The number of pyridine rings is 1. The Hall–Kier alpha value is -3.87. The molecule has 0 radical (unpaired) electrons. The van der Waals surface area contributed by atoms with Gasteiger partial charge in [0.05, 0.1) is 11.3 Å². The van der Waals surface area contributed by atoms with Gasteiger partial charge in [0, 0.05) is 30.4 Å². The number of anilines is 2. The Labute approximate surface area is 177 Å². The first-order valence-corrected chi connectivity index (χ1v) is 9.74. The first-order chi connectivity index (χ1) is 15.0. The number of amides is 1. The molecule has 0 atom stereocenters. The van der Waals surface area contributed by atoms with Gasteiger partial charge in [-0.1, -0.05) is 24.2 Å². The SMILES string of the molecule is CCC(=O)N(c1cccc(C)c1)c1onc(-c2ccc(F)cc2F)c1-c1ccncc1. The van der Waals surface area contributed by atoms with Gasteiger partial charge in [0.1, 0.15) is 17.3 Å². The van der Waals surface area contributed by atoms with Gasteiger partial charge in [0.25, 0.3) is 0 Å². The summed E-state index contributed by atoms with van der Waals surface area (Å²) < 4.78 is 33.8. The van der Waals surface area contributed by atoms with Crippen LogP contribution in [0.3, 0.4) is 0 Å². The van der Waals surface area contributed by atoms with Gasteiger partial charge in [-0.3, -0.25) is 9.78 Å². The second-order valence-corrected chi connectivity index (χ2v) is 6.99. The monoisotopic (exact) mass is 419 g/mol. The third-order valence-electron chi connectivity index (χ3n) is 4.84. The summed E-state index contributed by atoms with van der Waals surface area (Å²) in [5.74, 6) is -1.54. The van der Waals surface area contributed by atoms with Crippen LogP contribution in [0.25, 0.3) is 22.4 Å². The highest BCUT2D eigenvalue weighted by Gasteiger charge is 2.29. The number of benzene rings is 2. The first kappa shape index (κ1) is 20.4. The molecule has 4 aromatic rings. The van der Waals surface area contributed by atoms with Crippen molar-refractivity contribution in [1.29, 1.82) is 0 Å². The smallest absolute Gasteiger partial charge is 0.247 e. The highest BCUT2D eigenvalue weighted by atomic mass is 19.1. The summed E-state index contributed by atoms with van der Waals surface area (Å²) in [5.41, 5.74) is 2.84. The van der Waals surface area contributed by atoms with Crippen molar-refractivity contribution in [2.24, 2.45) is 0 Å². The van der Waals surface area contributed by atoms with Crippen molar-refractivity contribution >= 4 is 17.5 Å². The van der Waals surface area contributed by atoms with Crippen molar-refractivity contribution in [2.75, 3.05) is 4.90 Å². The number of halogens is 2. The number of hydrogen-bond acceptors (Lipinski definition) is 4. The van der Waals surface area contributed by atoms with Crippen LogP contribution in [0.1, 0.15) is 18.9 Å². The van der Waals surface area contributed by atoms with Crippen LogP contribution >= 0.6 is 0 Å². The third-order valence-corrected chi connectivity index (χ3v) is 4.84. The molecule has 5 nitrogen and oxygen atoms in total. The number of aromatic nitrogens is 2. The van der Waals surface area contributed by atoms with E-state index < -0.39 is 11.6 Å². The van der Waals surface area contributed by atoms with Gasteiger partial charge in [-0.05, 0) is 54.4 Å². The molecule has 0 unspecified atom stereocenters. The molecule has 1 amide bonds. The summed E-state index contributed by atoms with van der Waals surface area (Å²) in [4.78, 5) is 18.4. The first-order valence-electron chi connectivity index (χ1n) is 9.74. The molecule has 7 heteroatoms. The lowest BCUT2D eigenvalue weighted by Crippen LogP contribution is -2.25. The van der Waals surface area contributed by atoms with E-state index in [0.717, 1.165) is 17.7 Å². The zero-order valence-electron chi connectivity index (χ0n) is 17.0. The normalized spacial score (nSPS) is 10.8. The Kier molecular flexibility index (Phi) is 5.58. The van der Waals surface area contributed by atoms with E-state index in [9.17, 15) is 13.6 Å². The molecule has 4 rings (SSSR count). The molecular weight excluding hydrogens is 400 g/mol. The maximum absolute atomic E-state index is 14.6. The maximum Gasteiger partial charge on any atom is 0.247 e. The van der Waals surface area contributed by atoms with E-state index in [1.165, 1.54) is 11.0 Å². The standard InChI is InChI=1S/C24H19F2N3O2/c1-3-21(30)29(18-6-4-5-15(2)13-18)24-22(16-9-11-27-12-10-16)23(28-31-24)19-8-7-17(25)14-20(19)26/h4-14H,3H2,1-2H3. The van der Waals surface area contributed by atoms with Gasteiger partial charge >= 0.3 is 0 Å². The number of hydrogen-bond donors (Lipinski definition) is 0. The minimum absolute atomic E-state index is 0.0661. The molecule has 0 aliphatic heterocycles. The van der Waals surface area contributed by atoms with Crippen LogP contribution in [0.2, 0.25) is 0 Å². The molecule has 0 aliphatic rings. The minimum Gasteiger partial charge on any atom is -0.336 e. The fourth-order valence-electron chi connectivity index (χ4n) is 3.38. The summed E-state index contributed by atoms with van der Waals surface area (Å²) in [5, 5.41) is 4.09. The van der Waals surface area contributed by atoms with Crippen LogP contribution < -0.4 is 4.90 Å². The van der Waals surface area contributed by atoms with E-state index in [0.29, 0.717) is 16.8 Å². The van der Waals surface area contributed by atoms with Gasteiger partial charge in [-0.25, -0.2) is 13.7 Å². The van der Waals surface area contributed by atoms with Gasteiger partial charge < -0.3 is 4.52 Å². The van der Waals surface area contributed by atoms with Gasteiger partial charge in [-0.2, -0.15) is 0 Å². The Morgan fingerprint density at radius 2 is 1.84 bits per heavy atom. The molecule has 31 heavy (non-hydrogen) atoms. The molecule has 0 aliphatic carbocycles. The summed E-state index contributed by atoms with van der Waals surface area (Å²) in [6.45, 7) is 3.66. The Morgan fingerprint density at radius 1 is 1.06 bits per heavy atom. The van der Waals surface area contributed by atoms with Crippen molar-refractivity contribution in [1.82, 2.24) is 10.1 Å². The zero-order valence-corrected chi connectivity index (χ0v) is 17.0. The second-order valence-electron chi connectivity index (χ2n) is 6.99. The molecular formula is C24H19F2N3O2. The third kappa shape index (κ3) is 3.94. The van der Waals surface area contributed by atoms with Crippen LogP contribution in [-0.4, -0.2) is 16.0 Å². The number of rotatable bonds is 5. The number of carbonyl (C=O) groups excluding carboxylic acids is 1. The van der Waals surface area contributed by atoms with Crippen LogP contribution in [0.15, 0.2) is 71.5 Å². The lowest BCUT2D eigenvalue weighted by molar-refractivity contribution is -0.117. The van der Waals surface area contributed by atoms with Crippen molar-refractivity contribution in [3.8, 4) is 22.4 Å². The lowest BCUT2D eigenvalue weighted by Gasteiger charge is -2.21. The quantitative estimate of drug-likeness (QED) is 0.394. The van der Waals surface area contributed by atoms with Crippen molar-refractivity contribution in [2.45, 2.75) is 20.3 Å². The highest BCUT2D eigenvalue weighted by Crippen LogP contribution is 2.43. The maximum atomic E-state index is 14.6. The molecule has 0 saturated heterocycles. The van der Waals surface area contributed by atoms with Gasteiger partial charge in [0.2, 0.25) is 11.8 Å². The number of aryl methyl sites for hydroxylation is 1. The highest BCUT2D eigenvalue weighted by molar-refractivity contribution is 6.04. The largest absolute Gasteiger partial charge is 0.336 e. The second kappa shape index (κ2) is 8.47. The van der Waals surface area contributed by atoms with Gasteiger partial charge in [0.15, 0.2) is 0 Å². The van der Waals surface area contributed by atoms with E-state index >= 15 is 0 Å². The predicted molar refractivity (Wildman–Crippen MR) is 114 cm³/mol. The summed E-state index contributed by atoms with van der Waals surface area (Å²) in [7, 11) is 0. The molecule has 0 spiro atoms. The lowest BCUT2D eigenvalue weighted by atomic mass is 10.0. The van der Waals surface area contributed by atoms with Crippen LogP contribution in [-0.2, 0) is 4.79 Å². The molecule has 2 heterocycles. The summed E-state index contributed by atoms with van der Waals surface area (Å²) in [6, 6.07) is 14.1. The summed E-state index contributed by atoms with van der Waals surface area (Å²) in [6.07, 6.45) is 3.37. The average Bonchev–Trinajstić information content (AvgIpc) is 3.18. The number of nitrogens with zero attached hydrogens (tertiary/aromatic N) is 3. The predicted octanol–water partition coefficient (Wildman–Crippen LogP) is 6.06. The Bertz CT molecular complexity index is 1240. The fraction of sp³-hybridized carbons (Fsp3) is 0.125.